The van der Waals surface area contributed by atoms with E-state index in [1.165, 1.54) is 0 Å². The molecule has 1 aliphatic heterocycles. The highest BCUT2D eigenvalue weighted by Gasteiger charge is 2.17. The lowest BCUT2D eigenvalue weighted by Crippen LogP contribution is -2.40. The van der Waals surface area contributed by atoms with Gasteiger partial charge in [0.1, 0.15) is 0 Å². The van der Waals surface area contributed by atoms with Crippen molar-refractivity contribution < 1.29 is 9.53 Å². The molecule has 1 aliphatic rings. The summed E-state index contributed by atoms with van der Waals surface area (Å²) in [7, 11) is 0. The summed E-state index contributed by atoms with van der Waals surface area (Å²) in [5, 5.41) is 6.12. The van der Waals surface area contributed by atoms with E-state index in [1.54, 1.807) is 11.8 Å². The standard InChI is InChI=1S/C13H18N2O2S.ClH/c1-18-12-4-2-3-10(7-12)15-13(16)8-11-9-14-5-6-17-11;/h2-4,7,11,14H,5-6,8-9H2,1H3,(H,15,16);1H. The minimum atomic E-state index is -0.0116. The van der Waals surface area contributed by atoms with Gasteiger partial charge in [0.25, 0.3) is 0 Å². The number of carbonyl (C=O) groups is 1. The van der Waals surface area contributed by atoms with Gasteiger partial charge >= 0.3 is 0 Å². The molecular formula is C13H19ClN2O2S. The molecular weight excluding hydrogens is 284 g/mol. The number of amides is 1. The van der Waals surface area contributed by atoms with Crippen LogP contribution in [0.2, 0.25) is 0 Å². The summed E-state index contributed by atoms with van der Waals surface area (Å²) in [6, 6.07) is 7.84. The number of thioether (sulfide) groups is 1. The normalized spacial score (nSPS) is 18.5. The Bertz CT molecular complexity index is 411. The van der Waals surface area contributed by atoms with Crippen LogP contribution in [0.4, 0.5) is 5.69 Å². The predicted molar refractivity (Wildman–Crippen MR) is 81.3 cm³/mol. The fourth-order valence-electron chi connectivity index (χ4n) is 1.87. The molecule has 1 saturated heterocycles. The maximum atomic E-state index is 11.9. The molecule has 1 aromatic rings. The molecule has 1 unspecified atom stereocenters. The van der Waals surface area contributed by atoms with E-state index >= 15 is 0 Å². The molecule has 2 rings (SSSR count). The molecule has 6 heteroatoms. The van der Waals surface area contributed by atoms with Gasteiger partial charge in [-0.3, -0.25) is 4.79 Å². The maximum absolute atomic E-state index is 11.9. The van der Waals surface area contributed by atoms with Gasteiger partial charge in [0.2, 0.25) is 5.91 Å². The van der Waals surface area contributed by atoms with E-state index in [2.05, 4.69) is 10.6 Å². The quantitative estimate of drug-likeness (QED) is 0.837. The van der Waals surface area contributed by atoms with Crippen molar-refractivity contribution in [1.29, 1.82) is 0 Å². The van der Waals surface area contributed by atoms with Crippen LogP contribution in [0.15, 0.2) is 29.2 Å². The molecule has 1 aromatic carbocycles. The molecule has 0 aliphatic carbocycles. The highest BCUT2D eigenvalue weighted by molar-refractivity contribution is 7.98. The molecule has 0 bridgehead atoms. The lowest BCUT2D eigenvalue weighted by atomic mass is 10.2. The number of anilines is 1. The summed E-state index contributed by atoms with van der Waals surface area (Å²) in [6.45, 7) is 2.30. The fraction of sp³-hybridized carbons (Fsp3) is 0.462. The Kier molecular flexibility index (Phi) is 7.23. The van der Waals surface area contributed by atoms with Crippen LogP contribution in [0.5, 0.6) is 0 Å². The third kappa shape index (κ3) is 5.40. The smallest absolute Gasteiger partial charge is 0.227 e. The summed E-state index contributed by atoms with van der Waals surface area (Å²) < 4.78 is 5.50. The molecule has 1 atom stereocenters. The van der Waals surface area contributed by atoms with E-state index in [0.717, 1.165) is 23.7 Å². The van der Waals surface area contributed by atoms with Crippen molar-refractivity contribution in [1.82, 2.24) is 5.32 Å². The van der Waals surface area contributed by atoms with Gasteiger partial charge in [-0.25, -0.2) is 0 Å². The third-order valence-electron chi connectivity index (χ3n) is 2.77. The average Bonchev–Trinajstić information content (AvgIpc) is 2.40. The predicted octanol–water partition coefficient (Wildman–Crippen LogP) is 2.15. The highest BCUT2D eigenvalue weighted by atomic mass is 35.5. The average molecular weight is 303 g/mol. The first-order valence-electron chi connectivity index (χ1n) is 6.04. The zero-order valence-electron chi connectivity index (χ0n) is 10.8. The van der Waals surface area contributed by atoms with E-state index in [1.807, 2.05) is 30.5 Å². The number of rotatable bonds is 4. The van der Waals surface area contributed by atoms with Crippen molar-refractivity contribution >= 4 is 35.8 Å². The molecule has 1 amide bonds. The van der Waals surface area contributed by atoms with Gasteiger partial charge in [0, 0.05) is 23.7 Å². The Morgan fingerprint density at radius 3 is 3.11 bits per heavy atom. The molecule has 0 radical (unpaired) electrons. The Hall–Kier alpha value is -0.750. The lowest BCUT2D eigenvalue weighted by Gasteiger charge is -2.23. The second kappa shape index (κ2) is 8.43. The van der Waals surface area contributed by atoms with Crippen LogP contribution in [-0.2, 0) is 9.53 Å². The fourth-order valence-corrected chi connectivity index (χ4v) is 2.33. The van der Waals surface area contributed by atoms with Gasteiger partial charge in [-0.05, 0) is 24.5 Å². The summed E-state index contributed by atoms with van der Waals surface area (Å²) in [6.07, 6.45) is 2.40. The first-order valence-corrected chi connectivity index (χ1v) is 7.26. The zero-order chi connectivity index (χ0) is 12.8. The van der Waals surface area contributed by atoms with Crippen molar-refractivity contribution in [3.05, 3.63) is 24.3 Å². The monoisotopic (exact) mass is 302 g/mol. The lowest BCUT2D eigenvalue weighted by molar-refractivity contribution is -0.119. The van der Waals surface area contributed by atoms with Gasteiger partial charge in [0.05, 0.1) is 19.1 Å². The van der Waals surface area contributed by atoms with E-state index < -0.39 is 0 Å². The molecule has 106 valence electrons. The largest absolute Gasteiger partial charge is 0.375 e. The van der Waals surface area contributed by atoms with E-state index in [9.17, 15) is 4.79 Å². The molecule has 4 nitrogen and oxygen atoms in total. The Morgan fingerprint density at radius 2 is 2.42 bits per heavy atom. The van der Waals surface area contributed by atoms with Crippen molar-refractivity contribution in [2.45, 2.75) is 17.4 Å². The van der Waals surface area contributed by atoms with Crippen LogP contribution in [-0.4, -0.2) is 38.0 Å². The van der Waals surface area contributed by atoms with Gasteiger partial charge in [-0.15, -0.1) is 24.2 Å². The Labute approximate surface area is 124 Å². The van der Waals surface area contributed by atoms with Crippen LogP contribution in [0.3, 0.4) is 0 Å². The summed E-state index contributed by atoms with van der Waals surface area (Å²) in [5.74, 6) is 0.00181. The highest BCUT2D eigenvalue weighted by Crippen LogP contribution is 2.19. The van der Waals surface area contributed by atoms with Crippen molar-refractivity contribution in [3.8, 4) is 0 Å². The molecule has 2 N–H and O–H groups in total. The number of morpholine rings is 1. The van der Waals surface area contributed by atoms with Crippen molar-refractivity contribution in [2.24, 2.45) is 0 Å². The Balaban J connectivity index is 0.00000180. The minimum Gasteiger partial charge on any atom is -0.375 e. The van der Waals surface area contributed by atoms with Crippen LogP contribution < -0.4 is 10.6 Å². The molecule has 19 heavy (non-hydrogen) atoms. The first-order chi connectivity index (χ1) is 8.78. The van der Waals surface area contributed by atoms with Gasteiger partial charge in [0.15, 0.2) is 0 Å². The van der Waals surface area contributed by atoms with Crippen molar-refractivity contribution in [3.63, 3.8) is 0 Å². The van der Waals surface area contributed by atoms with Gasteiger partial charge < -0.3 is 15.4 Å². The zero-order valence-corrected chi connectivity index (χ0v) is 12.5. The van der Waals surface area contributed by atoms with Gasteiger partial charge in [-0.1, -0.05) is 6.07 Å². The second-order valence-electron chi connectivity index (χ2n) is 4.18. The molecule has 0 aromatic heterocycles. The number of ether oxygens (including phenoxy) is 1. The number of benzene rings is 1. The maximum Gasteiger partial charge on any atom is 0.227 e. The molecule has 0 spiro atoms. The summed E-state index contributed by atoms with van der Waals surface area (Å²) in [5.41, 5.74) is 0.843. The second-order valence-corrected chi connectivity index (χ2v) is 5.06. The summed E-state index contributed by atoms with van der Waals surface area (Å²) >= 11 is 1.66. The number of hydrogen-bond acceptors (Lipinski definition) is 4. The number of carbonyl (C=O) groups excluding carboxylic acids is 1. The molecule has 1 fully saturated rings. The molecule has 1 heterocycles. The van der Waals surface area contributed by atoms with E-state index in [4.69, 9.17) is 4.74 Å². The number of halogens is 1. The van der Waals surface area contributed by atoms with Crippen molar-refractivity contribution in [2.75, 3.05) is 31.3 Å². The first kappa shape index (κ1) is 16.3. The van der Waals surface area contributed by atoms with Crippen LogP contribution in [0.25, 0.3) is 0 Å². The van der Waals surface area contributed by atoms with E-state index in [0.29, 0.717) is 13.0 Å². The topological polar surface area (TPSA) is 50.4 Å². The van der Waals surface area contributed by atoms with Crippen LogP contribution in [0.1, 0.15) is 6.42 Å². The van der Waals surface area contributed by atoms with Crippen LogP contribution in [0, 0.1) is 0 Å². The number of nitrogens with one attached hydrogen (secondary N) is 2. The Morgan fingerprint density at radius 1 is 1.58 bits per heavy atom. The van der Waals surface area contributed by atoms with E-state index in [-0.39, 0.29) is 24.4 Å². The number of hydrogen-bond donors (Lipinski definition) is 2. The summed E-state index contributed by atoms with van der Waals surface area (Å²) in [4.78, 5) is 13.0. The van der Waals surface area contributed by atoms with Crippen LogP contribution >= 0.6 is 24.2 Å². The van der Waals surface area contributed by atoms with Gasteiger partial charge in [-0.2, -0.15) is 0 Å². The molecule has 0 saturated carbocycles. The third-order valence-corrected chi connectivity index (χ3v) is 3.50. The SMILES string of the molecule is CSc1cccc(NC(=O)CC2CNCCO2)c1.Cl. The minimum absolute atomic E-state index is 0.